The van der Waals surface area contributed by atoms with Gasteiger partial charge in [-0.1, -0.05) is 11.6 Å². The van der Waals surface area contributed by atoms with E-state index >= 15 is 0 Å². The quantitative estimate of drug-likeness (QED) is 0.646. The van der Waals surface area contributed by atoms with Crippen LogP contribution in [0.25, 0.3) is 0 Å². The van der Waals surface area contributed by atoms with Gasteiger partial charge in [0.15, 0.2) is 0 Å². The Morgan fingerprint density at radius 3 is 2.70 bits per heavy atom. The van der Waals surface area contributed by atoms with E-state index in [0.717, 1.165) is 0 Å². The number of carbonyl (C=O) groups is 1. The Bertz CT molecular complexity index is 506. The van der Waals surface area contributed by atoms with Crippen LogP contribution in [-0.2, 0) is 0 Å². The molecule has 110 valence electrons. The van der Waals surface area contributed by atoms with Crippen LogP contribution in [-0.4, -0.2) is 41.9 Å². The molecule has 0 saturated heterocycles. The predicted molar refractivity (Wildman–Crippen MR) is 78.2 cm³/mol. The summed E-state index contributed by atoms with van der Waals surface area (Å²) in [7, 11) is 1.96. The van der Waals surface area contributed by atoms with Gasteiger partial charge in [0.05, 0.1) is 15.5 Å². The summed E-state index contributed by atoms with van der Waals surface area (Å²) in [6.45, 7) is 5.25. The molecule has 0 aromatic heterocycles. The van der Waals surface area contributed by atoms with Gasteiger partial charge in [-0.05, 0) is 27.0 Å². The molecular weight excluding hydrogens is 282 g/mol. The van der Waals surface area contributed by atoms with Gasteiger partial charge in [0.2, 0.25) is 0 Å². The summed E-state index contributed by atoms with van der Waals surface area (Å²) in [5, 5.41) is 13.6. The van der Waals surface area contributed by atoms with E-state index in [0.29, 0.717) is 19.1 Å². The van der Waals surface area contributed by atoms with Crippen molar-refractivity contribution >= 4 is 23.2 Å². The Balaban J connectivity index is 2.68. The third kappa shape index (κ3) is 4.47. The van der Waals surface area contributed by atoms with E-state index in [2.05, 4.69) is 24.1 Å². The van der Waals surface area contributed by atoms with Crippen LogP contribution in [0.15, 0.2) is 18.2 Å². The fourth-order valence-electron chi connectivity index (χ4n) is 1.50. The molecule has 0 aliphatic heterocycles. The molecule has 1 aromatic rings. The number of carbonyl (C=O) groups excluding carboxylic acids is 1. The van der Waals surface area contributed by atoms with Crippen LogP contribution in [0.4, 0.5) is 5.69 Å². The van der Waals surface area contributed by atoms with Gasteiger partial charge in [0.1, 0.15) is 0 Å². The van der Waals surface area contributed by atoms with Gasteiger partial charge in [-0.3, -0.25) is 14.9 Å². The van der Waals surface area contributed by atoms with Gasteiger partial charge in [0.25, 0.3) is 11.6 Å². The van der Waals surface area contributed by atoms with Crippen LogP contribution in [0.2, 0.25) is 5.02 Å². The molecule has 1 rings (SSSR count). The first kappa shape index (κ1) is 16.4. The number of likely N-dealkylation sites (N-methyl/N-ethyl adjacent to an activating group) is 1. The highest BCUT2D eigenvalue weighted by molar-refractivity contribution is 6.33. The number of halogens is 1. The molecule has 0 saturated carbocycles. The summed E-state index contributed by atoms with van der Waals surface area (Å²) < 4.78 is 0. The van der Waals surface area contributed by atoms with Crippen LogP contribution in [0, 0.1) is 10.1 Å². The maximum absolute atomic E-state index is 12.0. The minimum atomic E-state index is -0.556. The van der Waals surface area contributed by atoms with Gasteiger partial charge >= 0.3 is 0 Å². The van der Waals surface area contributed by atoms with Crippen LogP contribution in [0.3, 0.4) is 0 Å². The molecule has 0 bridgehead atoms. The van der Waals surface area contributed by atoms with Crippen molar-refractivity contribution in [3.8, 4) is 0 Å². The highest BCUT2D eigenvalue weighted by atomic mass is 35.5. The number of hydrogen-bond donors (Lipinski definition) is 1. The zero-order chi connectivity index (χ0) is 15.3. The first-order valence-electron chi connectivity index (χ1n) is 6.25. The van der Waals surface area contributed by atoms with Gasteiger partial charge in [-0.2, -0.15) is 0 Å². The highest BCUT2D eigenvalue weighted by Gasteiger charge is 2.15. The molecule has 0 spiro atoms. The molecule has 20 heavy (non-hydrogen) atoms. The van der Waals surface area contributed by atoms with Crippen molar-refractivity contribution in [2.45, 2.75) is 19.9 Å². The molecule has 0 heterocycles. The molecule has 1 aromatic carbocycles. The topological polar surface area (TPSA) is 75.5 Å². The Kier molecular flexibility index (Phi) is 5.91. The second-order valence-corrected chi connectivity index (χ2v) is 5.16. The molecule has 6 nitrogen and oxygen atoms in total. The fraction of sp³-hybridized carbons (Fsp3) is 0.462. The lowest BCUT2D eigenvalue weighted by Gasteiger charge is -2.20. The highest BCUT2D eigenvalue weighted by Crippen LogP contribution is 2.21. The summed E-state index contributed by atoms with van der Waals surface area (Å²) in [4.78, 5) is 24.2. The van der Waals surface area contributed by atoms with Gasteiger partial charge in [0, 0.05) is 31.3 Å². The maximum Gasteiger partial charge on any atom is 0.270 e. The molecule has 1 N–H and O–H groups in total. The number of nitro benzene ring substituents is 1. The molecule has 0 fully saturated rings. The van der Waals surface area contributed by atoms with Gasteiger partial charge < -0.3 is 10.2 Å². The lowest BCUT2D eigenvalue weighted by molar-refractivity contribution is -0.384. The van der Waals surface area contributed by atoms with Crippen LogP contribution < -0.4 is 5.32 Å². The van der Waals surface area contributed by atoms with Crippen molar-refractivity contribution in [3.05, 3.63) is 38.9 Å². The van der Waals surface area contributed by atoms with E-state index in [9.17, 15) is 14.9 Å². The number of nitro groups is 1. The Morgan fingerprint density at radius 2 is 2.15 bits per heavy atom. The molecule has 0 aliphatic carbocycles. The molecule has 0 unspecified atom stereocenters. The van der Waals surface area contributed by atoms with E-state index < -0.39 is 10.8 Å². The largest absolute Gasteiger partial charge is 0.351 e. The summed E-state index contributed by atoms with van der Waals surface area (Å²) in [6, 6.07) is 4.19. The monoisotopic (exact) mass is 299 g/mol. The van der Waals surface area contributed by atoms with Crippen molar-refractivity contribution < 1.29 is 9.72 Å². The van der Waals surface area contributed by atoms with E-state index in [-0.39, 0.29) is 16.3 Å². The van der Waals surface area contributed by atoms with E-state index in [1.54, 1.807) is 0 Å². The van der Waals surface area contributed by atoms with E-state index in [1.807, 2.05) is 7.05 Å². The number of non-ortho nitro benzene ring substituents is 1. The summed E-state index contributed by atoms with van der Waals surface area (Å²) in [6.07, 6.45) is 0. The molecule has 0 radical (unpaired) electrons. The standard InChI is InChI=1S/C13H18ClN3O3/c1-9(2)16(3)7-6-15-13(18)11-8-10(17(19)20)4-5-12(11)14/h4-5,8-9H,6-7H2,1-3H3,(H,15,18). The number of nitrogens with one attached hydrogen (secondary N) is 1. The SMILES string of the molecule is CC(C)N(C)CCNC(=O)c1cc([N+](=O)[O-])ccc1Cl. The van der Waals surface area contributed by atoms with E-state index in [4.69, 9.17) is 11.6 Å². The summed E-state index contributed by atoms with van der Waals surface area (Å²) in [5.41, 5.74) is -0.0353. The molecular formula is C13H18ClN3O3. The normalized spacial score (nSPS) is 10.9. The minimum absolute atomic E-state index is 0.119. The third-order valence-electron chi connectivity index (χ3n) is 3.04. The molecule has 0 aliphatic rings. The molecule has 1 amide bonds. The first-order chi connectivity index (χ1) is 9.32. The van der Waals surface area contributed by atoms with Crippen molar-refractivity contribution in [1.82, 2.24) is 10.2 Å². The summed E-state index contributed by atoms with van der Waals surface area (Å²) >= 11 is 5.89. The van der Waals surface area contributed by atoms with Crippen molar-refractivity contribution in [2.24, 2.45) is 0 Å². The second-order valence-electron chi connectivity index (χ2n) is 4.75. The van der Waals surface area contributed by atoms with Crippen molar-refractivity contribution in [3.63, 3.8) is 0 Å². The Morgan fingerprint density at radius 1 is 1.50 bits per heavy atom. The lowest BCUT2D eigenvalue weighted by atomic mass is 10.2. The van der Waals surface area contributed by atoms with Crippen LogP contribution >= 0.6 is 11.6 Å². The minimum Gasteiger partial charge on any atom is -0.351 e. The van der Waals surface area contributed by atoms with Crippen molar-refractivity contribution in [2.75, 3.05) is 20.1 Å². The Hall–Kier alpha value is -1.66. The number of amides is 1. The number of hydrogen-bond acceptors (Lipinski definition) is 4. The van der Waals surface area contributed by atoms with E-state index in [1.165, 1.54) is 18.2 Å². The lowest BCUT2D eigenvalue weighted by Crippen LogP contribution is -2.36. The molecule has 7 heteroatoms. The maximum atomic E-state index is 12.0. The smallest absolute Gasteiger partial charge is 0.270 e. The van der Waals surface area contributed by atoms with Crippen LogP contribution in [0.5, 0.6) is 0 Å². The Labute approximate surface area is 122 Å². The zero-order valence-corrected chi connectivity index (χ0v) is 12.5. The average molecular weight is 300 g/mol. The second kappa shape index (κ2) is 7.21. The third-order valence-corrected chi connectivity index (χ3v) is 3.37. The summed E-state index contributed by atoms with van der Waals surface area (Å²) in [5.74, 6) is -0.407. The van der Waals surface area contributed by atoms with Gasteiger partial charge in [-0.25, -0.2) is 0 Å². The fourth-order valence-corrected chi connectivity index (χ4v) is 1.70. The van der Waals surface area contributed by atoms with Gasteiger partial charge in [-0.15, -0.1) is 0 Å². The average Bonchev–Trinajstić information content (AvgIpc) is 2.38. The number of rotatable bonds is 6. The number of benzene rings is 1. The predicted octanol–water partition coefficient (Wildman–Crippen LogP) is 2.32. The zero-order valence-electron chi connectivity index (χ0n) is 11.7. The number of nitrogens with zero attached hydrogens (tertiary/aromatic N) is 2. The molecule has 0 atom stereocenters. The van der Waals surface area contributed by atoms with Crippen molar-refractivity contribution in [1.29, 1.82) is 0 Å². The first-order valence-corrected chi connectivity index (χ1v) is 6.63. The van der Waals surface area contributed by atoms with Crippen LogP contribution in [0.1, 0.15) is 24.2 Å².